The molecule has 0 radical (unpaired) electrons. The third-order valence-corrected chi connectivity index (χ3v) is 9.54. The molecule has 2 heterocycles. The Morgan fingerprint density at radius 2 is 1.79 bits per heavy atom. The van der Waals surface area contributed by atoms with Gasteiger partial charge < -0.3 is 14.7 Å². The first-order valence-electron chi connectivity index (χ1n) is 12.7. The lowest BCUT2D eigenvalue weighted by atomic mass is 10.1. The number of halogens is 1. The molecule has 9 nitrogen and oxygen atoms in total. The normalized spacial score (nSPS) is 17.4. The molecule has 1 saturated carbocycles. The number of phenolic OH excluding ortho intramolecular Hbond substituents is 1. The van der Waals surface area contributed by atoms with Gasteiger partial charge in [-0.3, -0.25) is 4.79 Å². The van der Waals surface area contributed by atoms with E-state index in [-0.39, 0.29) is 41.3 Å². The number of anilines is 1. The first-order valence-corrected chi connectivity index (χ1v) is 14.7. The lowest BCUT2D eigenvalue weighted by Gasteiger charge is -2.35. The topological polar surface area (TPSA) is 105 Å². The number of hydrogen-bond acceptors (Lipinski definition) is 7. The Bertz CT molecular complexity index is 1460. The summed E-state index contributed by atoms with van der Waals surface area (Å²) < 4.78 is 35.0. The van der Waals surface area contributed by atoms with Crippen LogP contribution >= 0.6 is 11.6 Å². The number of rotatable bonds is 9. The van der Waals surface area contributed by atoms with Gasteiger partial charge in [-0.25, -0.2) is 8.42 Å². The molecule has 5 rings (SSSR count). The van der Waals surface area contributed by atoms with Crippen molar-refractivity contribution in [1.29, 1.82) is 0 Å². The van der Waals surface area contributed by atoms with E-state index in [1.54, 1.807) is 42.6 Å². The summed E-state index contributed by atoms with van der Waals surface area (Å²) in [6.07, 6.45) is 4.74. The second kappa shape index (κ2) is 10.6. The van der Waals surface area contributed by atoms with E-state index in [9.17, 15) is 18.3 Å². The van der Waals surface area contributed by atoms with Crippen LogP contribution in [0.2, 0.25) is 5.02 Å². The van der Waals surface area contributed by atoms with Crippen molar-refractivity contribution in [2.24, 2.45) is 5.41 Å². The summed E-state index contributed by atoms with van der Waals surface area (Å²) in [5.74, 6) is 0.174. The van der Waals surface area contributed by atoms with Crippen LogP contribution in [0.3, 0.4) is 0 Å². The highest BCUT2D eigenvalue weighted by atomic mass is 35.5. The lowest BCUT2D eigenvalue weighted by Crippen LogP contribution is -2.49. The van der Waals surface area contributed by atoms with Crippen molar-refractivity contribution in [2.75, 3.05) is 37.7 Å². The number of aromatic hydroxyl groups is 1. The zero-order valence-corrected chi connectivity index (χ0v) is 22.8. The predicted octanol–water partition coefficient (Wildman–Crippen LogP) is 3.81. The van der Waals surface area contributed by atoms with Gasteiger partial charge in [-0.2, -0.15) is 14.1 Å². The Morgan fingerprint density at radius 3 is 2.42 bits per heavy atom. The second-order valence-corrected chi connectivity index (χ2v) is 12.4. The fraction of sp³-hybridized carbons (Fsp3) is 0.407. The molecule has 2 aliphatic rings. The van der Waals surface area contributed by atoms with E-state index in [1.807, 2.05) is 4.90 Å². The van der Waals surface area contributed by atoms with E-state index >= 15 is 0 Å². The van der Waals surface area contributed by atoms with Crippen molar-refractivity contribution in [3.8, 4) is 17.2 Å². The van der Waals surface area contributed by atoms with Gasteiger partial charge in [0, 0.05) is 36.6 Å². The fourth-order valence-electron chi connectivity index (χ4n) is 4.69. The van der Waals surface area contributed by atoms with Gasteiger partial charge in [0.05, 0.1) is 24.2 Å². The van der Waals surface area contributed by atoms with Crippen molar-refractivity contribution < 1.29 is 18.3 Å². The minimum Gasteiger partial charge on any atom is -0.508 e. The van der Waals surface area contributed by atoms with Crippen molar-refractivity contribution >= 4 is 27.3 Å². The summed E-state index contributed by atoms with van der Waals surface area (Å²) in [5, 5.41) is 14.4. The van der Waals surface area contributed by atoms with Gasteiger partial charge in [0.2, 0.25) is 15.8 Å². The lowest BCUT2D eigenvalue weighted by molar-refractivity contribution is 0.225. The van der Waals surface area contributed by atoms with Crippen molar-refractivity contribution in [3.63, 3.8) is 0 Å². The molecular formula is C27H31ClN4O5S. The van der Waals surface area contributed by atoms with E-state index < -0.39 is 10.0 Å². The molecule has 1 aliphatic carbocycles. The summed E-state index contributed by atoms with van der Waals surface area (Å²) in [6.45, 7) is 3.92. The highest BCUT2D eigenvalue weighted by molar-refractivity contribution is 7.88. The third kappa shape index (κ3) is 5.67. The van der Waals surface area contributed by atoms with E-state index in [0.717, 1.165) is 19.3 Å². The van der Waals surface area contributed by atoms with Crippen LogP contribution in [-0.4, -0.2) is 60.4 Å². The second-order valence-electron chi connectivity index (χ2n) is 10.0. The van der Waals surface area contributed by atoms with Crippen LogP contribution in [0.25, 0.3) is 5.69 Å². The molecule has 0 bridgehead atoms. The Hall–Kier alpha value is -3.08. The first kappa shape index (κ1) is 26.5. The van der Waals surface area contributed by atoms with Gasteiger partial charge in [-0.05, 0) is 55.2 Å². The number of piperazine rings is 1. The Balaban J connectivity index is 1.37. The molecule has 1 aliphatic heterocycles. The molecule has 0 amide bonds. The molecule has 1 saturated heterocycles. The Kier molecular flexibility index (Phi) is 7.39. The van der Waals surface area contributed by atoms with Crippen molar-refractivity contribution in [2.45, 2.75) is 31.9 Å². The quantitative estimate of drug-likeness (QED) is 0.426. The van der Waals surface area contributed by atoms with Gasteiger partial charge >= 0.3 is 5.56 Å². The van der Waals surface area contributed by atoms with Gasteiger partial charge in [-0.1, -0.05) is 36.7 Å². The van der Waals surface area contributed by atoms with Crippen LogP contribution in [0.15, 0.2) is 59.5 Å². The molecule has 1 N–H and O–H groups in total. The smallest absolute Gasteiger partial charge is 0.316 e. The number of nitrogens with zero attached hydrogens (tertiary/aromatic N) is 4. The molecule has 38 heavy (non-hydrogen) atoms. The van der Waals surface area contributed by atoms with Crippen molar-refractivity contribution in [1.82, 2.24) is 14.1 Å². The highest BCUT2D eigenvalue weighted by Crippen LogP contribution is 2.49. The number of hydrogen-bond donors (Lipinski definition) is 1. The largest absolute Gasteiger partial charge is 0.508 e. The van der Waals surface area contributed by atoms with Gasteiger partial charge in [0.25, 0.3) is 0 Å². The molecule has 1 aromatic heterocycles. The summed E-state index contributed by atoms with van der Waals surface area (Å²) in [5.41, 5.74) is 1.45. The molecule has 3 aromatic rings. The number of phenols is 1. The summed E-state index contributed by atoms with van der Waals surface area (Å²) in [6, 6.07) is 13.1. The number of benzene rings is 2. The molecule has 0 spiro atoms. The molecule has 11 heteroatoms. The Labute approximate surface area is 227 Å². The number of aromatic nitrogens is 2. The maximum absolute atomic E-state index is 13.6. The molecule has 202 valence electrons. The first-order chi connectivity index (χ1) is 18.2. The summed E-state index contributed by atoms with van der Waals surface area (Å²) in [7, 11) is -3.54. The molecule has 2 aromatic carbocycles. The van der Waals surface area contributed by atoms with E-state index in [4.69, 9.17) is 16.3 Å². The van der Waals surface area contributed by atoms with Crippen LogP contribution in [0.4, 0.5) is 5.69 Å². The van der Waals surface area contributed by atoms with E-state index in [2.05, 4.69) is 12.0 Å². The number of ether oxygens (including phenoxy) is 1. The van der Waals surface area contributed by atoms with Crippen LogP contribution in [0.5, 0.6) is 11.5 Å². The van der Waals surface area contributed by atoms with Crippen molar-refractivity contribution in [3.05, 3.63) is 75.7 Å². The van der Waals surface area contributed by atoms with Gasteiger partial charge in [0.1, 0.15) is 11.4 Å². The van der Waals surface area contributed by atoms with Crippen LogP contribution < -0.4 is 15.2 Å². The van der Waals surface area contributed by atoms with Crippen LogP contribution in [0, 0.1) is 5.41 Å². The Morgan fingerprint density at radius 1 is 1.08 bits per heavy atom. The maximum atomic E-state index is 13.6. The maximum Gasteiger partial charge on any atom is 0.316 e. The van der Waals surface area contributed by atoms with Crippen LogP contribution in [-0.2, 0) is 15.8 Å². The minimum atomic E-state index is -3.54. The third-order valence-electron chi connectivity index (χ3n) is 7.46. The van der Waals surface area contributed by atoms with E-state index in [0.29, 0.717) is 41.7 Å². The zero-order valence-electron chi connectivity index (χ0n) is 21.2. The summed E-state index contributed by atoms with van der Waals surface area (Å²) >= 11 is 6.15. The molecule has 0 unspecified atom stereocenters. The molecule has 2 fully saturated rings. The van der Waals surface area contributed by atoms with E-state index in [1.165, 1.54) is 21.1 Å². The zero-order chi connectivity index (χ0) is 26.9. The highest BCUT2D eigenvalue weighted by Gasteiger charge is 2.42. The number of sulfonamides is 1. The average Bonchev–Trinajstić information content (AvgIpc) is 3.69. The van der Waals surface area contributed by atoms with Crippen LogP contribution in [0.1, 0.15) is 31.7 Å². The van der Waals surface area contributed by atoms with Gasteiger partial charge in [0.15, 0.2) is 0 Å². The standard InChI is InChI=1S/C27H31ClN4O5S/c1-2-27(10-11-27)19-37-25-24(17-29-32(26(25)34)22-5-3-4-21(28)16-22)30-12-14-31(15-13-30)38(35,36)18-20-6-8-23(33)9-7-20/h3-9,16-17,33H,2,10-15,18-19H2,1H3. The van der Waals surface area contributed by atoms with Gasteiger partial charge in [-0.15, -0.1) is 0 Å². The minimum absolute atomic E-state index is 0.0928. The molecular weight excluding hydrogens is 528 g/mol. The molecule has 0 atom stereocenters. The monoisotopic (exact) mass is 558 g/mol. The predicted molar refractivity (Wildman–Crippen MR) is 147 cm³/mol. The summed E-state index contributed by atoms with van der Waals surface area (Å²) in [4.78, 5) is 15.6. The fourth-order valence-corrected chi connectivity index (χ4v) is 6.39. The SMILES string of the molecule is CCC1(COc2c(N3CCN(S(=O)(=O)Cc4ccc(O)cc4)CC3)cnn(-c3cccc(Cl)c3)c2=O)CC1. The average molecular weight is 559 g/mol.